The molecule has 5 heteroatoms. The van der Waals surface area contributed by atoms with Crippen LogP contribution in [0.3, 0.4) is 0 Å². The third kappa shape index (κ3) is 3.50. The highest BCUT2D eigenvalue weighted by atomic mass is 32.1. The Morgan fingerprint density at radius 2 is 2.04 bits per heavy atom. The van der Waals surface area contributed by atoms with E-state index in [2.05, 4.69) is 31.2 Å². The summed E-state index contributed by atoms with van der Waals surface area (Å²) in [5, 5.41) is 11.4. The van der Waals surface area contributed by atoms with Crippen molar-refractivity contribution < 1.29 is 9.32 Å². The minimum atomic E-state index is -0.239. The van der Waals surface area contributed by atoms with E-state index < -0.39 is 0 Å². The summed E-state index contributed by atoms with van der Waals surface area (Å²) in [7, 11) is 0. The quantitative estimate of drug-likeness (QED) is 0.881. The lowest BCUT2D eigenvalue weighted by molar-refractivity contribution is 0.0926. The van der Waals surface area contributed by atoms with Crippen molar-refractivity contribution in [2.45, 2.75) is 64.3 Å². The van der Waals surface area contributed by atoms with E-state index in [1.54, 1.807) is 11.3 Å². The number of carbonyl (C=O) groups excluding carboxylic acids is 1. The van der Waals surface area contributed by atoms with Crippen molar-refractivity contribution >= 4 is 17.2 Å². The number of aromatic nitrogens is 1. The Balaban J connectivity index is 1.94. The van der Waals surface area contributed by atoms with Crippen LogP contribution in [-0.2, 0) is 5.41 Å². The first-order valence-electron chi connectivity index (χ1n) is 8.30. The van der Waals surface area contributed by atoms with E-state index in [0.717, 1.165) is 24.1 Å². The number of hydrogen-bond donors (Lipinski definition) is 1. The second kappa shape index (κ2) is 6.48. The summed E-state index contributed by atoms with van der Waals surface area (Å²) in [4.78, 5) is 12.9. The molecule has 1 aliphatic rings. The first-order chi connectivity index (χ1) is 11.0. The van der Waals surface area contributed by atoms with Crippen molar-refractivity contribution in [3.8, 4) is 11.3 Å². The molecule has 2 aromatic rings. The Hall–Kier alpha value is -1.62. The maximum Gasteiger partial charge on any atom is 0.257 e. The van der Waals surface area contributed by atoms with Gasteiger partial charge in [-0.3, -0.25) is 4.79 Å². The van der Waals surface area contributed by atoms with Crippen molar-refractivity contribution in [1.29, 1.82) is 0 Å². The van der Waals surface area contributed by atoms with Crippen LogP contribution < -0.4 is 5.32 Å². The Labute approximate surface area is 141 Å². The average Bonchev–Trinajstić information content (AvgIpc) is 3.16. The van der Waals surface area contributed by atoms with Gasteiger partial charge in [-0.1, -0.05) is 45.2 Å². The van der Waals surface area contributed by atoms with E-state index in [1.807, 2.05) is 16.8 Å². The molecule has 4 nitrogen and oxygen atoms in total. The van der Waals surface area contributed by atoms with E-state index in [4.69, 9.17) is 4.52 Å². The molecule has 1 saturated carbocycles. The van der Waals surface area contributed by atoms with E-state index in [1.165, 1.54) is 19.3 Å². The van der Waals surface area contributed by atoms with E-state index in [0.29, 0.717) is 11.3 Å². The number of carbonyl (C=O) groups is 1. The van der Waals surface area contributed by atoms with Gasteiger partial charge in [0, 0.05) is 22.4 Å². The lowest BCUT2D eigenvalue weighted by Gasteiger charge is -2.23. The highest BCUT2D eigenvalue weighted by molar-refractivity contribution is 7.08. The number of rotatable bonds is 3. The molecule has 0 aromatic carbocycles. The fraction of sp³-hybridized carbons (Fsp3) is 0.556. The van der Waals surface area contributed by atoms with Gasteiger partial charge in [0.2, 0.25) is 0 Å². The Morgan fingerprint density at radius 3 is 2.65 bits per heavy atom. The Morgan fingerprint density at radius 1 is 1.30 bits per heavy atom. The predicted molar refractivity (Wildman–Crippen MR) is 92.9 cm³/mol. The Kier molecular flexibility index (Phi) is 4.57. The third-order valence-corrected chi connectivity index (χ3v) is 5.04. The van der Waals surface area contributed by atoms with Crippen LogP contribution in [0.25, 0.3) is 11.3 Å². The fourth-order valence-corrected chi connectivity index (χ4v) is 3.74. The van der Waals surface area contributed by atoms with Crippen molar-refractivity contribution in [1.82, 2.24) is 10.5 Å². The zero-order valence-electron chi connectivity index (χ0n) is 14.0. The van der Waals surface area contributed by atoms with Gasteiger partial charge in [-0.2, -0.15) is 11.3 Å². The van der Waals surface area contributed by atoms with E-state index >= 15 is 0 Å². The van der Waals surface area contributed by atoms with Crippen molar-refractivity contribution in [3.05, 3.63) is 28.1 Å². The standard InChI is InChI=1S/C18H24N2O2S/c1-18(2,3)16-14(15(22-20-16)12-9-10-23-11-12)17(21)19-13-7-5-4-6-8-13/h9-11,13H,4-8H2,1-3H3,(H,19,21). The normalized spacial score (nSPS) is 16.5. The highest BCUT2D eigenvalue weighted by Gasteiger charge is 2.32. The summed E-state index contributed by atoms with van der Waals surface area (Å²) in [5.74, 6) is 0.536. The van der Waals surface area contributed by atoms with Crippen LogP contribution in [0.4, 0.5) is 0 Å². The zero-order chi connectivity index (χ0) is 16.4. The van der Waals surface area contributed by atoms with Crippen LogP contribution in [0.5, 0.6) is 0 Å². The van der Waals surface area contributed by atoms with Gasteiger partial charge >= 0.3 is 0 Å². The minimum Gasteiger partial charge on any atom is -0.355 e. The molecule has 124 valence electrons. The molecule has 0 saturated heterocycles. The summed E-state index contributed by atoms with van der Waals surface area (Å²) in [6, 6.07) is 2.24. The molecule has 0 spiro atoms. The lowest BCUT2D eigenvalue weighted by atomic mass is 9.87. The number of nitrogens with one attached hydrogen (secondary N) is 1. The van der Waals surface area contributed by atoms with Gasteiger partial charge in [0.25, 0.3) is 5.91 Å². The summed E-state index contributed by atoms with van der Waals surface area (Å²) < 4.78 is 5.57. The first-order valence-corrected chi connectivity index (χ1v) is 9.24. The molecule has 2 aromatic heterocycles. The summed E-state index contributed by atoms with van der Waals surface area (Å²) in [6.07, 6.45) is 5.79. The molecule has 1 fully saturated rings. The lowest BCUT2D eigenvalue weighted by Crippen LogP contribution is -2.37. The molecule has 0 bridgehead atoms. The molecule has 3 rings (SSSR count). The number of amides is 1. The van der Waals surface area contributed by atoms with Crippen LogP contribution in [0.15, 0.2) is 21.3 Å². The van der Waals surface area contributed by atoms with Gasteiger partial charge in [-0.25, -0.2) is 0 Å². The van der Waals surface area contributed by atoms with E-state index in [9.17, 15) is 4.79 Å². The van der Waals surface area contributed by atoms with Gasteiger partial charge < -0.3 is 9.84 Å². The summed E-state index contributed by atoms with van der Waals surface area (Å²) in [5.41, 5.74) is 2.01. The van der Waals surface area contributed by atoms with Crippen molar-refractivity contribution in [2.24, 2.45) is 0 Å². The maximum atomic E-state index is 12.9. The fourth-order valence-electron chi connectivity index (χ4n) is 3.11. The van der Waals surface area contributed by atoms with Crippen LogP contribution >= 0.6 is 11.3 Å². The molecular formula is C18H24N2O2S. The topological polar surface area (TPSA) is 55.1 Å². The molecule has 0 atom stereocenters. The second-order valence-electron chi connectivity index (χ2n) is 7.31. The smallest absolute Gasteiger partial charge is 0.257 e. The van der Waals surface area contributed by atoms with Gasteiger partial charge in [0.1, 0.15) is 11.3 Å². The second-order valence-corrected chi connectivity index (χ2v) is 8.09. The predicted octanol–water partition coefficient (Wildman–Crippen LogP) is 4.76. The minimum absolute atomic E-state index is 0.0516. The van der Waals surface area contributed by atoms with Gasteiger partial charge in [0.05, 0.1) is 0 Å². The maximum absolute atomic E-state index is 12.9. The monoisotopic (exact) mass is 332 g/mol. The molecule has 23 heavy (non-hydrogen) atoms. The largest absolute Gasteiger partial charge is 0.355 e. The van der Waals surface area contributed by atoms with Gasteiger partial charge in [0.15, 0.2) is 5.76 Å². The van der Waals surface area contributed by atoms with Crippen LogP contribution in [0, 0.1) is 0 Å². The zero-order valence-corrected chi connectivity index (χ0v) is 14.8. The van der Waals surface area contributed by atoms with Gasteiger partial charge in [-0.05, 0) is 24.3 Å². The molecule has 0 radical (unpaired) electrons. The molecule has 1 amide bonds. The van der Waals surface area contributed by atoms with Crippen LogP contribution in [0.1, 0.15) is 68.9 Å². The molecule has 2 heterocycles. The van der Waals surface area contributed by atoms with Crippen molar-refractivity contribution in [2.75, 3.05) is 0 Å². The molecule has 1 N–H and O–H groups in total. The van der Waals surface area contributed by atoms with Crippen LogP contribution in [0.2, 0.25) is 0 Å². The SMILES string of the molecule is CC(C)(C)c1noc(-c2ccsc2)c1C(=O)NC1CCCCC1. The Bertz CT molecular complexity index is 662. The number of nitrogens with zero attached hydrogens (tertiary/aromatic N) is 1. The molecule has 1 aliphatic carbocycles. The average molecular weight is 332 g/mol. The highest BCUT2D eigenvalue weighted by Crippen LogP contribution is 2.34. The number of thiophene rings is 1. The molecule has 0 unspecified atom stereocenters. The molecular weight excluding hydrogens is 308 g/mol. The van der Waals surface area contributed by atoms with E-state index in [-0.39, 0.29) is 17.4 Å². The third-order valence-electron chi connectivity index (χ3n) is 4.35. The first kappa shape index (κ1) is 16.2. The summed E-state index contributed by atoms with van der Waals surface area (Å²) in [6.45, 7) is 6.17. The number of hydrogen-bond acceptors (Lipinski definition) is 4. The summed E-state index contributed by atoms with van der Waals surface area (Å²) >= 11 is 1.59. The molecule has 0 aliphatic heterocycles. The van der Waals surface area contributed by atoms with Gasteiger partial charge in [-0.15, -0.1) is 0 Å². The van der Waals surface area contributed by atoms with Crippen LogP contribution in [-0.4, -0.2) is 17.1 Å². The van der Waals surface area contributed by atoms with Crippen molar-refractivity contribution in [3.63, 3.8) is 0 Å².